The van der Waals surface area contributed by atoms with Crippen LogP contribution in [0.3, 0.4) is 0 Å². The molecule has 0 amide bonds. The molecule has 1 saturated carbocycles. The second-order valence-electron chi connectivity index (χ2n) is 9.08. The normalized spacial score (nSPS) is 13.4. The van der Waals surface area contributed by atoms with E-state index in [0.717, 1.165) is 11.5 Å². The van der Waals surface area contributed by atoms with E-state index in [0.29, 0.717) is 0 Å². The number of hydrogen-bond donors (Lipinski definition) is 1. The third-order valence-electron chi connectivity index (χ3n) is 5.47. The summed E-state index contributed by atoms with van der Waals surface area (Å²) in [6, 6.07) is 16.9. The van der Waals surface area contributed by atoms with E-state index in [1.54, 1.807) is 0 Å². The Morgan fingerprint density at radius 3 is 1.49 bits per heavy atom. The van der Waals surface area contributed by atoms with Crippen LogP contribution >= 0.6 is 0 Å². The van der Waals surface area contributed by atoms with Gasteiger partial charge in [-0.2, -0.15) is 0 Å². The average Bonchev–Trinajstić information content (AvgIpc) is 2.85. The van der Waals surface area contributed by atoms with Gasteiger partial charge >= 0.3 is 0 Å². The molecule has 1 heteroatoms. The fourth-order valence-electron chi connectivity index (χ4n) is 3.36. The number of nitrogens with two attached hydrogens (primary N) is 1. The molecule has 2 N–H and O–H groups in total. The van der Waals surface area contributed by atoms with E-state index in [1.807, 2.05) is 39.0 Å². The molecule has 0 spiro atoms. The Balaban J connectivity index is 0. The van der Waals surface area contributed by atoms with Gasteiger partial charge in [0.25, 0.3) is 0 Å². The van der Waals surface area contributed by atoms with Gasteiger partial charge in [0.05, 0.1) is 0 Å². The SMILES string of the molecule is C=C(C)/C=C/C=C/c1ccc(C)cc1.CC.CC1CCCCCCC1.CN.Cc1ccc(C)cc1. The maximum atomic E-state index is 4.50. The van der Waals surface area contributed by atoms with E-state index in [4.69, 9.17) is 0 Å². The molecule has 1 aliphatic carbocycles. The number of benzene rings is 2. The van der Waals surface area contributed by atoms with Crippen molar-refractivity contribution >= 4 is 6.08 Å². The van der Waals surface area contributed by atoms with E-state index in [-0.39, 0.29) is 0 Å². The van der Waals surface area contributed by atoms with Gasteiger partial charge in [0.15, 0.2) is 0 Å². The molecule has 0 atom stereocenters. The monoisotopic (exact) mass is 477 g/mol. The molecule has 1 aliphatic rings. The first-order valence-electron chi connectivity index (χ1n) is 13.5. The number of allylic oxidation sites excluding steroid dienone is 4. The van der Waals surface area contributed by atoms with Crippen molar-refractivity contribution < 1.29 is 0 Å². The van der Waals surface area contributed by atoms with Gasteiger partial charge < -0.3 is 5.73 Å². The maximum absolute atomic E-state index is 4.50. The lowest BCUT2D eigenvalue weighted by molar-refractivity contribution is 0.404. The summed E-state index contributed by atoms with van der Waals surface area (Å²) in [7, 11) is 1.50. The fraction of sp³-hybridized carbons (Fsp3) is 0.471. The van der Waals surface area contributed by atoms with Crippen LogP contribution in [0.4, 0.5) is 0 Å². The zero-order valence-corrected chi connectivity index (χ0v) is 24.2. The number of rotatable bonds is 3. The summed E-state index contributed by atoms with van der Waals surface area (Å²) >= 11 is 0. The van der Waals surface area contributed by atoms with E-state index in [1.165, 1.54) is 74.2 Å². The molecule has 2 aromatic carbocycles. The molecule has 0 unspecified atom stereocenters. The van der Waals surface area contributed by atoms with Crippen molar-refractivity contribution in [3.63, 3.8) is 0 Å². The molecule has 0 heterocycles. The number of aryl methyl sites for hydroxylation is 3. The zero-order valence-electron chi connectivity index (χ0n) is 24.2. The van der Waals surface area contributed by atoms with Crippen LogP contribution < -0.4 is 5.73 Å². The lowest BCUT2D eigenvalue weighted by atomic mass is 9.93. The fourth-order valence-corrected chi connectivity index (χ4v) is 3.36. The second kappa shape index (κ2) is 24.7. The highest BCUT2D eigenvalue weighted by molar-refractivity contribution is 5.51. The minimum atomic E-state index is 1.02. The standard InChI is InChI=1S/C14H16.C9H18.C8H10.C2H6.CH5N/c1-12(2)6-4-5-7-14-10-8-13(3)9-11-14;1-9-7-5-3-2-4-6-8-9;1-7-3-5-8(2)6-4-7;2*1-2/h4-11H,1H2,2-3H3;9H,2-8H2,1H3;3-6H,1-2H3;1-2H3;2H2,1H3/b6-4+,7-5+;;;;. The Labute approximate surface area is 219 Å². The summed E-state index contributed by atoms with van der Waals surface area (Å²) in [5.41, 5.74) is 10.7. The first-order chi connectivity index (χ1) is 16.9. The molecule has 0 aromatic heterocycles. The van der Waals surface area contributed by atoms with Gasteiger partial charge in [-0.3, -0.25) is 0 Å². The topological polar surface area (TPSA) is 26.0 Å². The average molecular weight is 478 g/mol. The van der Waals surface area contributed by atoms with E-state index in [2.05, 4.69) is 94.6 Å². The molecule has 0 saturated heterocycles. The molecular weight excluding hydrogens is 422 g/mol. The van der Waals surface area contributed by atoms with Crippen LogP contribution in [-0.4, -0.2) is 7.05 Å². The van der Waals surface area contributed by atoms with Crippen LogP contribution in [0.25, 0.3) is 6.08 Å². The molecule has 0 bridgehead atoms. The van der Waals surface area contributed by atoms with Gasteiger partial charge in [0.2, 0.25) is 0 Å². The Morgan fingerprint density at radius 2 is 1.09 bits per heavy atom. The molecule has 1 fully saturated rings. The highest BCUT2D eigenvalue weighted by atomic mass is 14.4. The van der Waals surface area contributed by atoms with Gasteiger partial charge in [-0.05, 0) is 46.2 Å². The Bertz CT molecular complexity index is 749. The quantitative estimate of drug-likeness (QED) is 0.437. The summed E-state index contributed by atoms with van der Waals surface area (Å²) in [5, 5.41) is 0. The van der Waals surface area contributed by atoms with Gasteiger partial charge in [0, 0.05) is 0 Å². The first-order valence-corrected chi connectivity index (χ1v) is 13.5. The van der Waals surface area contributed by atoms with Crippen LogP contribution in [0.15, 0.2) is 78.9 Å². The maximum Gasteiger partial charge on any atom is -0.0195 e. The molecule has 3 rings (SSSR count). The highest BCUT2D eigenvalue weighted by Gasteiger charge is 2.04. The molecule has 0 aliphatic heterocycles. The number of hydrogen-bond acceptors (Lipinski definition) is 1. The third kappa shape index (κ3) is 23.1. The van der Waals surface area contributed by atoms with Crippen molar-refractivity contribution in [1.82, 2.24) is 0 Å². The van der Waals surface area contributed by atoms with Crippen LogP contribution in [0, 0.1) is 26.7 Å². The summed E-state index contributed by atoms with van der Waals surface area (Å²) in [5.74, 6) is 1.02. The largest absolute Gasteiger partial charge is 0.333 e. The van der Waals surface area contributed by atoms with Crippen molar-refractivity contribution in [3.05, 3.63) is 101 Å². The van der Waals surface area contributed by atoms with Gasteiger partial charge in [-0.25, -0.2) is 0 Å². The summed E-state index contributed by atoms with van der Waals surface area (Å²) in [6.07, 6.45) is 18.5. The van der Waals surface area contributed by atoms with Crippen molar-refractivity contribution in [1.29, 1.82) is 0 Å². The first kappa shape index (κ1) is 34.8. The zero-order chi connectivity index (χ0) is 26.9. The molecule has 0 radical (unpaired) electrons. The van der Waals surface area contributed by atoms with Crippen LogP contribution in [0.5, 0.6) is 0 Å². The van der Waals surface area contributed by atoms with Gasteiger partial charge in [-0.15, -0.1) is 0 Å². The van der Waals surface area contributed by atoms with Crippen molar-refractivity contribution in [2.75, 3.05) is 7.05 Å². The van der Waals surface area contributed by atoms with E-state index < -0.39 is 0 Å². The Kier molecular flexibility index (Phi) is 24.6. The molecular formula is C34H55N. The van der Waals surface area contributed by atoms with Crippen LogP contribution in [0.2, 0.25) is 0 Å². The predicted octanol–water partition coefficient (Wildman–Crippen LogP) is 10.4. The molecule has 196 valence electrons. The van der Waals surface area contributed by atoms with Gasteiger partial charge in [-0.1, -0.05) is 167 Å². The second-order valence-corrected chi connectivity index (χ2v) is 9.08. The van der Waals surface area contributed by atoms with E-state index in [9.17, 15) is 0 Å². The lowest BCUT2D eigenvalue weighted by Crippen LogP contribution is -1.97. The van der Waals surface area contributed by atoms with Crippen molar-refractivity contribution in [2.45, 2.75) is 93.4 Å². The van der Waals surface area contributed by atoms with Crippen molar-refractivity contribution in [2.24, 2.45) is 11.7 Å². The van der Waals surface area contributed by atoms with Crippen LogP contribution in [0.1, 0.15) is 94.9 Å². The summed E-state index contributed by atoms with van der Waals surface area (Å²) < 4.78 is 0. The Hall–Kier alpha value is -2.38. The molecule has 2 aromatic rings. The molecule has 1 nitrogen and oxygen atoms in total. The molecule has 35 heavy (non-hydrogen) atoms. The smallest absolute Gasteiger partial charge is 0.0195 e. The summed E-state index contributed by atoms with van der Waals surface area (Å²) in [6.45, 7) is 18.5. The minimum absolute atomic E-state index is 1.02. The predicted molar refractivity (Wildman–Crippen MR) is 163 cm³/mol. The van der Waals surface area contributed by atoms with E-state index >= 15 is 0 Å². The summed E-state index contributed by atoms with van der Waals surface area (Å²) in [4.78, 5) is 0. The lowest BCUT2D eigenvalue weighted by Gasteiger charge is -2.13. The van der Waals surface area contributed by atoms with Crippen LogP contribution in [-0.2, 0) is 0 Å². The minimum Gasteiger partial charge on any atom is -0.333 e. The highest BCUT2D eigenvalue weighted by Crippen LogP contribution is 2.21. The Morgan fingerprint density at radius 1 is 0.714 bits per heavy atom. The third-order valence-corrected chi connectivity index (χ3v) is 5.47. The van der Waals surface area contributed by atoms with Crippen molar-refractivity contribution in [3.8, 4) is 0 Å². The van der Waals surface area contributed by atoms with Gasteiger partial charge in [0.1, 0.15) is 0 Å².